The SMILES string of the molecule is Cc1nc2sc3c(c2c(Sc2ccccc2)c1C(OC(C)(C)C)C(=O)O)CCCC3. The number of carboxylic acids is 1. The van der Waals surface area contributed by atoms with Crippen LogP contribution in [-0.4, -0.2) is 21.7 Å². The van der Waals surface area contributed by atoms with E-state index in [-0.39, 0.29) is 0 Å². The molecule has 0 radical (unpaired) electrons. The van der Waals surface area contributed by atoms with Gasteiger partial charge in [-0.25, -0.2) is 9.78 Å². The Morgan fingerprint density at radius 2 is 1.90 bits per heavy atom. The molecule has 0 amide bonds. The van der Waals surface area contributed by atoms with Gasteiger partial charge in [0.1, 0.15) is 4.83 Å². The molecule has 3 aromatic rings. The number of pyridine rings is 1. The lowest BCUT2D eigenvalue weighted by molar-refractivity contribution is -0.161. The van der Waals surface area contributed by atoms with Crippen LogP contribution in [0.4, 0.5) is 0 Å². The van der Waals surface area contributed by atoms with Gasteiger partial charge in [0.25, 0.3) is 0 Å². The number of hydrogen-bond donors (Lipinski definition) is 1. The largest absolute Gasteiger partial charge is 0.479 e. The van der Waals surface area contributed by atoms with E-state index in [1.165, 1.54) is 23.3 Å². The number of aryl methyl sites for hydroxylation is 3. The van der Waals surface area contributed by atoms with Crippen LogP contribution < -0.4 is 0 Å². The van der Waals surface area contributed by atoms with E-state index >= 15 is 0 Å². The first kappa shape index (κ1) is 21.3. The van der Waals surface area contributed by atoms with E-state index in [0.29, 0.717) is 5.56 Å². The van der Waals surface area contributed by atoms with E-state index in [4.69, 9.17) is 9.72 Å². The van der Waals surface area contributed by atoms with Crippen LogP contribution in [0.25, 0.3) is 10.2 Å². The van der Waals surface area contributed by atoms with E-state index in [1.807, 2.05) is 45.9 Å². The molecule has 1 atom stereocenters. The van der Waals surface area contributed by atoms with Gasteiger partial charge in [-0.3, -0.25) is 0 Å². The van der Waals surface area contributed by atoms with Gasteiger partial charge in [0, 0.05) is 31.3 Å². The lowest BCUT2D eigenvalue weighted by atomic mass is 9.95. The Hall–Kier alpha value is -1.89. The van der Waals surface area contributed by atoms with Crippen LogP contribution in [0.15, 0.2) is 40.1 Å². The fraction of sp³-hybridized carbons (Fsp3) is 0.417. The Kier molecular flexibility index (Phi) is 5.93. The summed E-state index contributed by atoms with van der Waals surface area (Å²) < 4.78 is 6.06. The van der Waals surface area contributed by atoms with Crippen molar-refractivity contribution >= 4 is 39.3 Å². The Labute approximate surface area is 185 Å². The highest BCUT2D eigenvalue weighted by Crippen LogP contribution is 2.47. The van der Waals surface area contributed by atoms with Gasteiger partial charge in [-0.1, -0.05) is 30.0 Å². The number of carbonyl (C=O) groups is 1. The molecular weight excluding hydrogens is 414 g/mol. The number of aliphatic carboxylic acids is 1. The van der Waals surface area contributed by atoms with Crippen LogP contribution in [0, 0.1) is 6.92 Å². The van der Waals surface area contributed by atoms with Crippen molar-refractivity contribution in [1.29, 1.82) is 0 Å². The Morgan fingerprint density at radius 3 is 2.57 bits per heavy atom. The van der Waals surface area contributed by atoms with E-state index in [1.54, 1.807) is 23.1 Å². The number of nitrogens with zero attached hydrogens (tertiary/aromatic N) is 1. The Morgan fingerprint density at radius 1 is 1.20 bits per heavy atom. The molecule has 4 rings (SSSR count). The molecule has 0 saturated carbocycles. The zero-order valence-electron chi connectivity index (χ0n) is 17.8. The van der Waals surface area contributed by atoms with Crippen LogP contribution in [0.2, 0.25) is 0 Å². The van der Waals surface area contributed by atoms with Gasteiger partial charge >= 0.3 is 5.97 Å². The second-order valence-electron chi connectivity index (χ2n) is 8.69. The highest BCUT2D eigenvalue weighted by atomic mass is 32.2. The zero-order chi connectivity index (χ0) is 21.5. The lowest BCUT2D eigenvalue weighted by Crippen LogP contribution is -2.28. The molecular formula is C24H27NO3S2. The molecule has 0 spiro atoms. The summed E-state index contributed by atoms with van der Waals surface area (Å²) in [5.74, 6) is -0.979. The maximum Gasteiger partial charge on any atom is 0.337 e. The van der Waals surface area contributed by atoms with Crippen LogP contribution in [-0.2, 0) is 22.4 Å². The van der Waals surface area contributed by atoms with E-state index < -0.39 is 17.7 Å². The third-order valence-electron chi connectivity index (χ3n) is 5.20. The van der Waals surface area contributed by atoms with E-state index in [9.17, 15) is 9.90 Å². The second kappa shape index (κ2) is 8.33. The summed E-state index contributed by atoms with van der Waals surface area (Å²) in [6.07, 6.45) is 3.42. The molecule has 0 saturated heterocycles. The van der Waals surface area contributed by atoms with Gasteiger partial charge in [0.05, 0.1) is 5.60 Å². The first-order valence-electron chi connectivity index (χ1n) is 10.3. The van der Waals surface area contributed by atoms with Gasteiger partial charge in [-0.05, 0) is 71.1 Å². The van der Waals surface area contributed by atoms with Crippen molar-refractivity contribution < 1.29 is 14.6 Å². The van der Waals surface area contributed by atoms with Gasteiger partial charge in [0.15, 0.2) is 6.10 Å². The second-order valence-corrected chi connectivity index (χ2v) is 10.9. The fourth-order valence-electron chi connectivity index (χ4n) is 3.98. The molecule has 158 valence electrons. The van der Waals surface area contributed by atoms with Gasteiger partial charge < -0.3 is 9.84 Å². The highest BCUT2D eigenvalue weighted by molar-refractivity contribution is 7.99. The third kappa shape index (κ3) is 4.27. The minimum absolute atomic E-state index is 0.590. The number of benzene rings is 1. The van der Waals surface area contributed by atoms with Crippen molar-refractivity contribution in [1.82, 2.24) is 4.98 Å². The first-order valence-corrected chi connectivity index (χ1v) is 12.0. The maximum absolute atomic E-state index is 12.3. The number of hydrogen-bond acceptors (Lipinski definition) is 5. The van der Waals surface area contributed by atoms with Crippen molar-refractivity contribution in [3.05, 3.63) is 52.0 Å². The summed E-state index contributed by atoms with van der Waals surface area (Å²) in [7, 11) is 0. The van der Waals surface area contributed by atoms with Crippen LogP contribution in [0.1, 0.15) is 61.4 Å². The summed E-state index contributed by atoms with van der Waals surface area (Å²) in [4.78, 5) is 21.7. The van der Waals surface area contributed by atoms with Crippen LogP contribution in [0.3, 0.4) is 0 Å². The fourth-order valence-corrected chi connectivity index (χ4v) is 6.58. The molecule has 1 aliphatic rings. The van der Waals surface area contributed by atoms with E-state index in [0.717, 1.165) is 38.5 Å². The van der Waals surface area contributed by atoms with E-state index in [2.05, 4.69) is 12.1 Å². The standard InChI is InChI=1S/C24H27NO3S2/c1-14-18(20(23(26)27)28-24(2,3)4)21(29-15-10-6-5-7-11-15)19-16-12-8-9-13-17(16)30-22(19)25-14/h5-7,10-11,20H,8-9,12-13H2,1-4H3,(H,26,27). The molecule has 0 bridgehead atoms. The minimum Gasteiger partial charge on any atom is -0.479 e. The monoisotopic (exact) mass is 441 g/mol. The molecule has 1 N–H and O–H groups in total. The molecule has 4 nitrogen and oxygen atoms in total. The number of aromatic nitrogens is 1. The quantitative estimate of drug-likeness (QED) is 0.485. The van der Waals surface area contributed by atoms with Crippen molar-refractivity contribution in [3.8, 4) is 0 Å². The normalized spacial score (nSPS) is 15.2. The summed E-state index contributed by atoms with van der Waals surface area (Å²) >= 11 is 3.40. The predicted octanol–water partition coefficient (Wildman–Crippen LogP) is 6.58. The van der Waals surface area contributed by atoms with Crippen molar-refractivity contribution in [2.75, 3.05) is 0 Å². The number of fused-ring (bicyclic) bond motifs is 3. The Balaban J connectivity index is 1.99. The maximum atomic E-state index is 12.3. The summed E-state index contributed by atoms with van der Waals surface area (Å²) in [6.45, 7) is 7.58. The molecule has 2 aromatic heterocycles. The topological polar surface area (TPSA) is 59.4 Å². The smallest absolute Gasteiger partial charge is 0.337 e. The average molecular weight is 442 g/mol. The first-order chi connectivity index (χ1) is 14.2. The highest BCUT2D eigenvalue weighted by Gasteiger charge is 2.33. The van der Waals surface area contributed by atoms with Crippen molar-refractivity contribution in [3.63, 3.8) is 0 Å². The predicted molar refractivity (Wildman–Crippen MR) is 123 cm³/mol. The summed E-state index contributed by atoms with van der Waals surface area (Å²) in [5, 5.41) is 11.2. The molecule has 2 heterocycles. The number of ether oxygens (including phenoxy) is 1. The van der Waals surface area contributed by atoms with Crippen molar-refractivity contribution in [2.24, 2.45) is 0 Å². The van der Waals surface area contributed by atoms with Gasteiger partial charge in [-0.15, -0.1) is 11.3 Å². The van der Waals surface area contributed by atoms with Crippen LogP contribution >= 0.6 is 23.1 Å². The summed E-state index contributed by atoms with van der Waals surface area (Å²) in [6, 6.07) is 10.1. The number of rotatable bonds is 5. The van der Waals surface area contributed by atoms with Crippen molar-refractivity contribution in [2.45, 2.75) is 74.9 Å². The van der Waals surface area contributed by atoms with Crippen LogP contribution in [0.5, 0.6) is 0 Å². The molecule has 6 heteroatoms. The van der Waals surface area contributed by atoms with Gasteiger partial charge in [0.2, 0.25) is 0 Å². The Bertz CT molecular complexity index is 1080. The third-order valence-corrected chi connectivity index (χ3v) is 7.53. The average Bonchev–Trinajstić information content (AvgIpc) is 3.04. The lowest BCUT2D eigenvalue weighted by Gasteiger charge is -2.27. The summed E-state index contributed by atoms with van der Waals surface area (Å²) in [5.41, 5.74) is 2.18. The molecule has 30 heavy (non-hydrogen) atoms. The zero-order valence-corrected chi connectivity index (χ0v) is 19.5. The minimum atomic E-state index is -1.06. The van der Waals surface area contributed by atoms with Gasteiger partial charge in [-0.2, -0.15) is 0 Å². The molecule has 1 unspecified atom stereocenters. The molecule has 0 aliphatic heterocycles. The molecule has 1 aliphatic carbocycles. The number of carboxylic acid groups (broad SMARTS) is 1. The molecule has 1 aromatic carbocycles. The number of thiophene rings is 1. The molecule has 0 fully saturated rings.